The summed E-state index contributed by atoms with van der Waals surface area (Å²) in [5.41, 5.74) is 6.33. The highest BCUT2D eigenvalue weighted by atomic mass is 32.1. The van der Waals surface area contributed by atoms with E-state index >= 15 is 0 Å². The van der Waals surface area contributed by atoms with Crippen molar-refractivity contribution in [2.75, 3.05) is 19.0 Å². The van der Waals surface area contributed by atoms with Crippen molar-refractivity contribution in [2.24, 2.45) is 5.73 Å². The first-order valence-corrected chi connectivity index (χ1v) is 6.21. The molecule has 1 unspecified atom stereocenters. The summed E-state index contributed by atoms with van der Waals surface area (Å²) in [6.45, 7) is 2.47. The summed E-state index contributed by atoms with van der Waals surface area (Å²) in [7, 11) is 1.64. The highest BCUT2D eigenvalue weighted by Gasteiger charge is 2.09. The maximum Gasteiger partial charge on any atom is 0.169 e. The molecule has 4 N–H and O–H groups in total. The van der Waals surface area contributed by atoms with E-state index in [9.17, 15) is 0 Å². The lowest BCUT2D eigenvalue weighted by Crippen LogP contribution is -2.19. The van der Waals surface area contributed by atoms with Gasteiger partial charge in [-0.25, -0.2) is 0 Å². The fraction of sp³-hybridized carbons (Fsp3) is 0.333. The molecule has 0 aliphatic heterocycles. The quantitative estimate of drug-likeness (QED) is 0.722. The van der Waals surface area contributed by atoms with Gasteiger partial charge >= 0.3 is 0 Å². The van der Waals surface area contributed by atoms with Gasteiger partial charge < -0.3 is 20.5 Å². The molecule has 1 aromatic heterocycles. The zero-order chi connectivity index (χ0) is 13.8. The minimum absolute atomic E-state index is 0.0265. The van der Waals surface area contributed by atoms with Crippen LogP contribution in [0.25, 0.3) is 10.9 Å². The molecule has 7 heteroatoms. The van der Waals surface area contributed by atoms with E-state index in [2.05, 4.69) is 15.5 Å². The third-order valence-electron chi connectivity index (χ3n) is 2.51. The molecule has 0 aliphatic carbocycles. The molecule has 6 nitrogen and oxygen atoms in total. The number of aromatic nitrogens is 2. The molecule has 0 bridgehead atoms. The smallest absolute Gasteiger partial charge is 0.169 e. The van der Waals surface area contributed by atoms with Gasteiger partial charge in [-0.1, -0.05) is 0 Å². The molecular formula is C12H16N4O2S. The average Bonchev–Trinajstić information content (AvgIpc) is 2.72. The van der Waals surface area contributed by atoms with Crippen LogP contribution in [0, 0.1) is 0 Å². The van der Waals surface area contributed by atoms with E-state index in [1.165, 1.54) is 0 Å². The van der Waals surface area contributed by atoms with Crippen molar-refractivity contribution in [3.05, 3.63) is 18.2 Å². The Morgan fingerprint density at radius 3 is 3.05 bits per heavy atom. The van der Waals surface area contributed by atoms with E-state index in [0.717, 1.165) is 16.7 Å². The largest absolute Gasteiger partial charge is 0.488 e. The van der Waals surface area contributed by atoms with Crippen LogP contribution < -0.4 is 15.8 Å². The number of nitrogens with one attached hydrogen (secondary N) is 2. The predicted octanol–water partition coefficient (Wildman–Crippen LogP) is 1.63. The molecular weight excluding hydrogens is 264 g/mol. The van der Waals surface area contributed by atoms with Crippen molar-refractivity contribution < 1.29 is 9.47 Å². The zero-order valence-corrected chi connectivity index (χ0v) is 11.6. The minimum atomic E-state index is -0.0265. The number of H-pyrrole nitrogens is 1. The van der Waals surface area contributed by atoms with Gasteiger partial charge in [0.05, 0.1) is 12.1 Å². The second-order valence-corrected chi connectivity index (χ2v) is 4.59. The molecule has 1 heterocycles. The molecule has 0 spiro atoms. The Morgan fingerprint density at radius 1 is 1.58 bits per heavy atom. The van der Waals surface area contributed by atoms with Crippen molar-refractivity contribution in [3.8, 4) is 5.75 Å². The van der Waals surface area contributed by atoms with Crippen LogP contribution in [0.1, 0.15) is 6.92 Å². The van der Waals surface area contributed by atoms with Crippen LogP contribution in [0.15, 0.2) is 18.2 Å². The third kappa shape index (κ3) is 3.33. The number of fused-ring (bicyclic) bond motifs is 1. The summed E-state index contributed by atoms with van der Waals surface area (Å²) in [6, 6.07) is 5.64. The summed E-state index contributed by atoms with van der Waals surface area (Å²) in [6.07, 6.45) is -0.0265. The van der Waals surface area contributed by atoms with Crippen LogP contribution in [-0.2, 0) is 4.74 Å². The molecule has 102 valence electrons. The first-order valence-electron chi connectivity index (χ1n) is 5.80. The fourth-order valence-corrected chi connectivity index (χ4v) is 1.88. The van der Waals surface area contributed by atoms with Crippen molar-refractivity contribution in [1.29, 1.82) is 0 Å². The topological polar surface area (TPSA) is 85.2 Å². The third-order valence-corrected chi connectivity index (χ3v) is 2.62. The number of aromatic amines is 1. The second-order valence-electron chi connectivity index (χ2n) is 4.15. The Hall–Kier alpha value is -1.86. The van der Waals surface area contributed by atoms with E-state index in [4.69, 9.17) is 27.4 Å². The number of ether oxygens (including phenoxy) is 2. The predicted molar refractivity (Wildman–Crippen MR) is 78.5 cm³/mol. The highest BCUT2D eigenvalue weighted by Crippen LogP contribution is 2.25. The number of nitrogens with zero attached hydrogens (tertiary/aromatic N) is 1. The Morgan fingerprint density at radius 2 is 2.37 bits per heavy atom. The Bertz CT molecular complexity index is 584. The van der Waals surface area contributed by atoms with Crippen molar-refractivity contribution in [3.63, 3.8) is 0 Å². The van der Waals surface area contributed by atoms with Crippen LogP contribution in [0.2, 0.25) is 0 Å². The van der Waals surface area contributed by atoms with Gasteiger partial charge in [-0.05, 0) is 37.3 Å². The Labute approximate surface area is 116 Å². The molecule has 2 aromatic rings. The molecule has 0 fully saturated rings. The number of hydrogen-bond acceptors (Lipinski definition) is 4. The molecule has 1 aromatic carbocycles. The van der Waals surface area contributed by atoms with E-state index in [-0.39, 0.29) is 11.2 Å². The van der Waals surface area contributed by atoms with Gasteiger partial charge in [-0.2, -0.15) is 5.10 Å². The van der Waals surface area contributed by atoms with E-state index < -0.39 is 0 Å². The van der Waals surface area contributed by atoms with Gasteiger partial charge in [-0.15, -0.1) is 0 Å². The van der Waals surface area contributed by atoms with Gasteiger partial charge in [-0.3, -0.25) is 5.10 Å². The molecule has 0 aliphatic rings. The number of anilines is 1. The summed E-state index contributed by atoms with van der Waals surface area (Å²) in [4.78, 5) is 0. The summed E-state index contributed by atoms with van der Waals surface area (Å²) in [5, 5.41) is 10.9. The van der Waals surface area contributed by atoms with Crippen LogP contribution in [-0.4, -0.2) is 35.1 Å². The van der Waals surface area contributed by atoms with E-state index in [0.29, 0.717) is 12.4 Å². The highest BCUT2D eigenvalue weighted by molar-refractivity contribution is 7.80. The molecule has 19 heavy (non-hydrogen) atoms. The van der Waals surface area contributed by atoms with Gasteiger partial charge in [0.2, 0.25) is 0 Å². The fourth-order valence-electron chi connectivity index (χ4n) is 1.78. The van der Waals surface area contributed by atoms with Gasteiger partial charge in [0, 0.05) is 12.5 Å². The number of rotatable bonds is 5. The molecule has 2 rings (SSSR count). The maximum absolute atomic E-state index is 5.73. The summed E-state index contributed by atoms with van der Waals surface area (Å²) in [5.74, 6) is 1.33. The number of benzene rings is 1. The molecule has 1 atom stereocenters. The zero-order valence-electron chi connectivity index (χ0n) is 10.8. The van der Waals surface area contributed by atoms with E-state index in [1.54, 1.807) is 7.11 Å². The number of thiocarbonyl (C=S) groups is 1. The van der Waals surface area contributed by atoms with Crippen molar-refractivity contribution >= 4 is 34.1 Å². The maximum atomic E-state index is 5.73. The molecule has 0 saturated carbocycles. The lowest BCUT2D eigenvalue weighted by atomic mass is 10.2. The van der Waals surface area contributed by atoms with Gasteiger partial charge in [0.1, 0.15) is 11.9 Å². The molecule has 0 saturated heterocycles. The summed E-state index contributed by atoms with van der Waals surface area (Å²) >= 11 is 4.81. The number of methoxy groups -OCH3 is 1. The Balaban J connectivity index is 2.25. The lowest BCUT2D eigenvalue weighted by Gasteiger charge is -2.13. The standard InChI is InChI=1S/C12H16N4O2S/c1-7(6-17-2)18-8-3-4-10-9(5-8)11(16-15-10)14-12(13)19/h3-5,7H,6H2,1-2H3,(H4,13,14,15,16,19). The van der Waals surface area contributed by atoms with E-state index in [1.807, 2.05) is 25.1 Å². The first-order chi connectivity index (χ1) is 9.10. The van der Waals surface area contributed by atoms with Crippen LogP contribution in [0.3, 0.4) is 0 Å². The summed E-state index contributed by atoms with van der Waals surface area (Å²) < 4.78 is 10.8. The van der Waals surface area contributed by atoms with Crippen LogP contribution in [0.4, 0.5) is 5.82 Å². The monoisotopic (exact) mass is 280 g/mol. The lowest BCUT2D eigenvalue weighted by molar-refractivity contribution is 0.0922. The SMILES string of the molecule is COCC(C)Oc1ccc2[nH]nc(NC(N)=S)c2c1. The van der Waals surface area contributed by atoms with Crippen LogP contribution >= 0.6 is 12.2 Å². The van der Waals surface area contributed by atoms with Crippen LogP contribution in [0.5, 0.6) is 5.75 Å². The second kappa shape index (κ2) is 5.85. The van der Waals surface area contributed by atoms with Crippen molar-refractivity contribution in [2.45, 2.75) is 13.0 Å². The minimum Gasteiger partial charge on any atom is -0.488 e. The molecule has 0 radical (unpaired) electrons. The van der Waals surface area contributed by atoms with Gasteiger partial charge in [0.25, 0.3) is 0 Å². The average molecular weight is 280 g/mol. The Kier molecular flexibility index (Phi) is 4.18. The molecule has 0 amide bonds. The number of hydrogen-bond donors (Lipinski definition) is 3. The van der Waals surface area contributed by atoms with Crippen molar-refractivity contribution in [1.82, 2.24) is 10.2 Å². The number of nitrogens with two attached hydrogens (primary N) is 1. The van der Waals surface area contributed by atoms with Gasteiger partial charge in [0.15, 0.2) is 10.9 Å². The first kappa shape index (κ1) is 13.6. The normalized spacial score (nSPS) is 12.3.